The Bertz CT molecular complexity index is 1180. The smallest absolute Gasteiger partial charge is 0.275 e. The molecule has 4 heteroatoms. The Morgan fingerprint density at radius 3 is 1.28 bits per heavy atom. The van der Waals surface area contributed by atoms with Crippen LogP contribution in [0.2, 0.25) is 0 Å². The Balaban J connectivity index is 0.00000256. The molecule has 0 bridgehead atoms. The van der Waals surface area contributed by atoms with Gasteiger partial charge in [-0.3, -0.25) is 4.57 Å². The first-order valence-corrected chi connectivity index (χ1v) is 10.7. The summed E-state index contributed by atoms with van der Waals surface area (Å²) in [6.07, 6.45) is 0. The molecule has 0 saturated carbocycles. The number of nitrogens with zero attached hydrogens (tertiary/aromatic N) is 3. The van der Waals surface area contributed by atoms with Crippen molar-refractivity contribution >= 4 is 0 Å². The van der Waals surface area contributed by atoms with Crippen LogP contribution in [0.25, 0.3) is 11.1 Å². The number of hydrogen-bond donors (Lipinski definition) is 0. The summed E-state index contributed by atoms with van der Waals surface area (Å²) in [5, 5.41) is 4.29. The largest absolute Gasteiger partial charge is 0.345 e. The molecule has 4 nitrogen and oxygen atoms in total. The Morgan fingerprint density at radius 1 is 0.594 bits per heavy atom. The SMILES string of the molecule is C.C.Cc1c(C)c(C)c(-c2c(C)c(C)c(Cn3c(C)nn(C)c3=O)c(C)c2C)c(C)c1C. The predicted molar refractivity (Wildman–Crippen MR) is 139 cm³/mol. The zero-order valence-corrected chi connectivity index (χ0v) is 20.5. The molecule has 1 heterocycles. The summed E-state index contributed by atoms with van der Waals surface area (Å²) in [6, 6.07) is 0. The van der Waals surface area contributed by atoms with E-state index >= 15 is 0 Å². The molecule has 0 unspecified atom stereocenters. The average Bonchev–Trinajstić information content (AvgIpc) is 2.94. The Kier molecular flexibility index (Phi) is 8.12. The van der Waals surface area contributed by atoms with Crippen molar-refractivity contribution in [1.82, 2.24) is 14.3 Å². The Labute approximate surface area is 195 Å². The fraction of sp³-hybridized carbons (Fsp3) is 0.500. The van der Waals surface area contributed by atoms with Gasteiger partial charge in [0.15, 0.2) is 0 Å². The van der Waals surface area contributed by atoms with Crippen LogP contribution in [-0.2, 0) is 13.6 Å². The number of rotatable bonds is 3. The Morgan fingerprint density at radius 2 is 0.938 bits per heavy atom. The second kappa shape index (κ2) is 9.48. The van der Waals surface area contributed by atoms with Gasteiger partial charge in [0.05, 0.1) is 6.54 Å². The lowest BCUT2D eigenvalue weighted by atomic mass is 9.80. The van der Waals surface area contributed by atoms with E-state index in [0.29, 0.717) is 6.54 Å². The minimum Gasteiger partial charge on any atom is -0.275 e. The molecule has 0 saturated heterocycles. The molecule has 0 aliphatic heterocycles. The lowest BCUT2D eigenvalue weighted by Gasteiger charge is -2.26. The van der Waals surface area contributed by atoms with Crippen molar-refractivity contribution in [2.24, 2.45) is 7.05 Å². The summed E-state index contributed by atoms with van der Waals surface area (Å²) in [5.74, 6) is 0.747. The van der Waals surface area contributed by atoms with Crippen molar-refractivity contribution in [3.8, 4) is 11.1 Å². The van der Waals surface area contributed by atoms with Gasteiger partial charge in [0, 0.05) is 7.05 Å². The lowest BCUT2D eigenvalue weighted by Crippen LogP contribution is -2.24. The monoisotopic (exact) mass is 437 g/mol. The van der Waals surface area contributed by atoms with Gasteiger partial charge in [-0.05, 0) is 136 Å². The molecule has 0 amide bonds. The van der Waals surface area contributed by atoms with Gasteiger partial charge in [-0.1, -0.05) is 14.9 Å². The molecular formula is C28H43N3O. The van der Waals surface area contributed by atoms with E-state index in [2.05, 4.69) is 67.4 Å². The summed E-state index contributed by atoms with van der Waals surface area (Å²) in [7, 11) is 1.71. The topological polar surface area (TPSA) is 39.8 Å². The third-order valence-corrected chi connectivity index (χ3v) is 7.54. The zero-order chi connectivity index (χ0) is 22.7. The lowest BCUT2D eigenvalue weighted by molar-refractivity contribution is 0.686. The first kappa shape index (κ1) is 27.4. The van der Waals surface area contributed by atoms with Crippen LogP contribution in [0, 0.1) is 69.2 Å². The van der Waals surface area contributed by atoms with Crippen LogP contribution in [0.1, 0.15) is 76.3 Å². The molecule has 0 spiro atoms. The highest BCUT2D eigenvalue weighted by Crippen LogP contribution is 2.40. The zero-order valence-electron chi connectivity index (χ0n) is 20.5. The van der Waals surface area contributed by atoms with Crippen LogP contribution in [0.15, 0.2) is 4.79 Å². The maximum absolute atomic E-state index is 12.5. The van der Waals surface area contributed by atoms with E-state index in [9.17, 15) is 4.79 Å². The van der Waals surface area contributed by atoms with Crippen molar-refractivity contribution < 1.29 is 0 Å². The second-order valence-electron chi connectivity index (χ2n) is 8.89. The molecule has 0 fully saturated rings. The molecular weight excluding hydrogens is 394 g/mol. The maximum atomic E-state index is 12.5. The highest BCUT2D eigenvalue weighted by molar-refractivity contribution is 5.81. The van der Waals surface area contributed by atoms with Gasteiger partial charge in [0.25, 0.3) is 0 Å². The fourth-order valence-electron chi connectivity index (χ4n) is 4.84. The highest BCUT2D eigenvalue weighted by atomic mass is 16.2. The van der Waals surface area contributed by atoms with Crippen molar-refractivity contribution in [2.45, 2.75) is 90.6 Å². The summed E-state index contributed by atoms with van der Waals surface area (Å²) in [5.41, 5.74) is 15.9. The molecule has 0 aliphatic carbocycles. The minimum atomic E-state index is -0.0674. The van der Waals surface area contributed by atoms with Gasteiger partial charge in [0.1, 0.15) is 5.82 Å². The van der Waals surface area contributed by atoms with Gasteiger partial charge in [-0.25, -0.2) is 9.48 Å². The minimum absolute atomic E-state index is 0. The van der Waals surface area contributed by atoms with E-state index in [1.165, 1.54) is 71.4 Å². The number of aryl methyl sites for hydroxylation is 2. The number of aromatic nitrogens is 3. The van der Waals surface area contributed by atoms with Crippen LogP contribution < -0.4 is 5.69 Å². The number of benzene rings is 2. The van der Waals surface area contributed by atoms with Gasteiger partial charge < -0.3 is 0 Å². The Hall–Kier alpha value is -2.62. The molecule has 0 aliphatic rings. The van der Waals surface area contributed by atoms with Crippen molar-refractivity contribution in [3.63, 3.8) is 0 Å². The second-order valence-corrected chi connectivity index (χ2v) is 8.89. The van der Waals surface area contributed by atoms with Crippen molar-refractivity contribution in [2.75, 3.05) is 0 Å². The normalized spacial score (nSPS) is 10.7. The third-order valence-electron chi connectivity index (χ3n) is 7.54. The van der Waals surface area contributed by atoms with E-state index in [4.69, 9.17) is 0 Å². The van der Waals surface area contributed by atoms with Crippen LogP contribution in [0.3, 0.4) is 0 Å². The average molecular weight is 438 g/mol. The molecule has 32 heavy (non-hydrogen) atoms. The van der Waals surface area contributed by atoms with Gasteiger partial charge in [-0.2, -0.15) is 5.10 Å². The van der Waals surface area contributed by atoms with E-state index in [-0.39, 0.29) is 20.5 Å². The van der Waals surface area contributed by atoms with E-state index in [1.807, 2.05) is 6.92 Å². The summed E-state index contributed by atoms with van der Waals surface area (Å²) < 4.78 is 3.18. The first-order valence-electron chi connectivity index (χ1n) is 10.7. The molecule has 2 aromatic carbocycles. The molecule has 0 N–H and O–H groups in total. The van der Waals surface area contributed by atoms with Gasteiger partial charge >= 0.3 is 5.69 Å². The molecule has 0 atom stereocenters. The van der Waals surface area contributed by atoms with Crippen LogP contribution in [-0.4, -0.2) is 14.3 Å². The van der Waals surface area contributed by atoms with Crippen molar-refractivity contribution in [3.05, 3.63) is 71.9 Å². The van der Waals surface area contributed by atoms with Crippen LogP contribution in [0.4, 0.5) is 0 Å². The fourth-order valence-corrected chi connectivity index (χ4v) is 4.84. The summed E-state index contributed by atoms with van der Waals surface area (Å²) >= 11 is 0. The molecule has 1 aromatic heterocycles. The van der Waals surface area contributed by atoms with E-state index in [0.717, 1.165) is 5.82 Å². The standard InChI is InChI=1S/C26H35N3O.2CH4/c1-13-14(2)18(6)24(19(7)15(13)3)25-20(8)16(4)23(17(5)21(25)9)12-29-22(10)27-28(11)26(29)30;;/h12H2,1-11H3;2*1H4. The predicted octanol–water partition coefficient (Wildman–Crippen LogP) is 6.65. The van der Waals surface area contributed by atoms with Gasteiger partial charge in [-0.15, -0.1) is 0 Å². The maximum Gasteiger partial charge on any atom is 0.345 e. The van der Waals surface area contributed by atoms with Crippen molar-refractivity contribution in [1.29, 1.82) is 0 Å². The molecule has 0 radical (unpaired) electrons. The van der Waals surface area contributed by atoms with Gasteiger partial charge in [0.2, 0.25) is 0 Å². The molecule has 3 aromatic rings. The molecule has 176 valence electrons. The van der Waals surface area contributed by atoms with E-state index in [1.54, 1.807) is 11.6 Å². The summed E-state index contributed by atoms with van der Waals surface area (Å²) in [4.78, 5) is 12.5. The van der Waals surface area contributed by atoms with E-state index < -0.39 is 0 Å². The van der Waals surface area contributed by atoms with Crippen LogP contribution >= 0.6 is 0 Å². The first-order chi connectivity index (χ1) is 13.9. The third kappa shape index (κ3) is 3.96. The summed E-state index contributed by atoms with van der Waals surface area (Å²) in [6.45, 7) is 22.5. The molecule has 3 rings (SSSR count). The highest BCUT2D eigenvalue weighted by Gasteiger charge is 2.22. The number of hydrogen-bond acceptors (Lipinski definition) is 2. The quantitative estimate of drug-likeness (QED) is 0.460. The van der Waals surface area contributed by atoms with Crippen LogP contribution in [0.5, 0.6) is 0 Å².